The van der Waals surface area contributed by atoms with Crippen LogP contribution in [0, 0.1) is 29.6 Å². The van der Waals surface area contributed by atoms with Crippen molar-refractivity contribution in [3.63, 3.8) is 0 Å². The van der Waals surface area contributed by atoms with Crippen LogP contribution >= 0.6 is 0 Å². The van der Waals surface area contributed by atoms with Gasteiger partial charge in [0, 0.05) is 12.3 Å². The minimum Gasteiger partial charge on any atom is -0.396 e. The molecule has 2 aliphatic carbocycles. The van der Waals surface area contributed by atoms with Gasteiger partial charge in [-0.15, -0.1) is 0 Å². The van der Waals surface area contributed by atoms with Crippen molar-refractivity contribution in [3.05, 3.63) is 35.7 Å². The van der Waals surface area contributed by atoms with Gasteiger partial charge in [-0.05, 0) is 74.0 Å². The standard InChI is InChI=1S/C22H33NO2/c1-3-18-8-6-9-19(23-18)11-12-21-20-10-5-4-7-16(20)13-17(14-24)22(21)15(2)25/h6,8-9,11-12,15-17,20-22,24-25H,3-5,7,10,13-14H2,1-2H3/b12-11+/t15-,16+,17+,20-,21+,22-/m1/s1. The molecule has 3 nitrogen and oxygen atoms in total. The van der Waals surface area contributed by atoms with Gasteiger partial charge in [-0.2, -0.15) is 0 Å². The minimum absolute atomic E-state index is 0.148. The zero-order valence-electron chi connectivity index (χ0n) is 15.6. The lowest BCUT2D eigenvalue weighted by molar-refractivity contribution is -0.0470. The highest BCUT2D eigenvalue weighted by Crippen LogP contribution is 2.50. The minimum atomic E-state index is -0.385. The predicted octanol–water partition coefficient (Wildman–Crippen LogP) is 4.09. The summed E-state index contributed by atoms with van der Waals surface area (Å²) in [5.41, 5.74) is 2.11. The summed E-state index contributed by atoms with van der Waals surface area (Å²) >= 11 is 0. The van der Waals surface area contributed by atoms with Crippen molar-refractivity contribution < 1.29 is 10.2 Å². The third-order valence-corrected chi connectivity index (χ3v) is 6.53. The van der Waals surface area contributed by atoms with Crippen LogP contribution in [0.5, 0.6) is 0 Å². The number of aryl methyl sites for hydroxylation is 1. The maximum atomic E-state index is 10.5. The second-order valence-corrected chi connectivity index (χ2v) is 8.05. The summed E-state index contributed by atoms with van der Waals surface area (Å²) in [6.45, 7) is 4.21. The summed E-state index contributed by atoms with van der Waals surface area (Å²) in [6.07, 6.45) is 11.2. The van der Waals surface area contributed by atoms with Gasteiger partial charge in [0.2, 0.25) is 0 Å². The molecule has 6 atom stereocenters. The molecule has 0 saturated heterocycles. The zero-order valence-corrected chi connectivity index (χ0v) is 15.6. The largest absolute Gasteiger partial charge is 0.396 e. The van der Waals surface area contributed by atoms with Gasteiger partial charge in [0.25, 0.3) is 0 Å². The Bertz CT molecular complexity index is 583. The molecule has 2 fully saturated rings. The van der Waals surface area contributed by atoms with Crippen LogP contribution in [0.15, 0.2) is 24.3 Å². The molecule has 25 heavy (non-hydrogen) atoms. The third-order valence-electron chi connectivity index (χ3n) is 6.53. The number of aliphatic hydroxyl groups is 2. The number of rotatable bonds is 5. The maximum absolute atomic E-state index is 10.5. The highest BCUT2D eigenvalue weighted by atomic mass is 16.3. The van der Waals surface area contributed by atoms with Crippen LogP contribution in [0.2, 0.25) is 0 Å². The van der Waals surface area contributed by atoms with E-state index in [-0.39, 0.29) is 24.5 Å². The Kier molecular flexibility index (Phi) is 6.29. The van der Waals surface area contributed by atoms with E-state index in [1.54, 1.807) is 0 Å². The van der Waals surface area contributed by atoms with Gasteiger partial charge in [0.1, 0.15) is 0 Å². The average Bonchev–Trinajstić information content (AvgIpc) is 2.65. The number of nitrogens with zero attached hydrogens (tertiary/aromatic N) is 1. The Morgan fingerprint density at radius 3 is 2.80 bits per heavy atom. The van der Waals surface area contributed by atoms with E-state index in [1.807, 2.05) is 6.92 Å². The molecule has 0 aromatic carbocycles. The van der Waals surface area contributed by atoms with Gasteiger partial charge >= 0.3 is 0 Å². The molecule has 0 spiro atoms. The molecule has 2 saturated carbocycles. The van der Waals surface area contributed by atoms with Crippen LogP contribution in [0.3, 0.4) is 0 Å². The van der Waals surface area contributed by atoms with E-state index in [4.69, 9.17) is 4.98 Å². The second kappa shape index (κ2) is 8.46. The van der Waals surface area contributed by atoms with E-state index in [2.05, 4.69) is 37.3 Å². The van der Waals surface area contributed by atoms with Crippen molar-refractivity contribution in [1.82, 2.24) is 4.98 Å². The van der Waals surface area contributed by atoms with Crippen LogP contribution in [-0.2, 0) is 6.42 Å². The van der Waals surface area contributed by atoms with E-state index >= 15 is 0 Å². The molecular weight excluding hydrogens is 310 g/mol. The number of aliphatic hydroxyl groups excluding tert-OH is 2. The number of aromatic nitrogens is 1. The molecule has 0 unspecified atom stereocenters. The molecule has 1 aromatic rings. The lowest BCUT2D eigenvalue weighted by atomic mass is 9.57. The molecular formula is C22H33NO2. The summed E-state index contributed by atoms with van der Waals surface area (Å²) in [4.78, 5) is 4.69. The fraction of sp³-hybridized carbons (Fsp3) is 0.682. The third kappa shape index (κ3) is 4.15. The van der Waals surface area contributed by atoms with Crippen molar-refractivity contribution in [2.24, 2.45) is 29.6 Å². The van der Waals surface area contributed by atoms with Crippen molar-refractivity contribution in [2.75, 3.05) is 6.61 Å². The number of hydrogen-bond donors (Lipinski definition) is 2. The van der Waals surface area contributed by atoms with Crippen LogP contribution in [0.1, 0.15) is 57.3 Å². The number of allylic oxidation sites excluding steroid dienone is 1. The van der Waals surface area contributed by atoms with Crippen molar-refractivity contribution in [2.45, 2.75) is 58.5 Å². The Labute approximate surface area is 152 Å². The van der Waals surface area contributed by atoms with Crippen LogP contribution < -0.4 is 0 Å². The second-order valence-electron chi connectivity index (χ2n) is 8.05. The van der Waals surface area contributed by atoms with Gasteiger partial charge < -0.3 is 10.2 Å². The van der Waals surface area contributed by atoms with Crippen molar-refractivity contribution >= 4 is 6.08 Å². The Morgan fingerprint density at radius 1 is 1.28 bits per heavy atom. The Hall–Kier alpha value is -1.19. The summed E-state index contributed by atoms with van der Waals surface area (Å²) in [5, 5.41) is 20.4. The fourth-order valence-electron chi connectivity index (χ4n) is 5.36. The molecule has 2 aliphatic rings. The fourth-order valence-corrected chi connectivity index (χ4v) is 5.36. The summed E-state index contributed by atoms with van der Waals surface area (Å²) in [7, 11) is 0. The molecule has 2 N–H and O–H groups in total. The average molecular weight is 344 g/mol. The van der Waals surface area contributed by atoms with Crippen molar-refractivity contribution in [1.29, 1.82) is 0 Å². The van der Waals surface area contributed by atoms with Gasteiger partial charge in [0.05, 0.1) is 11.8 Å². The SMILES string of the molecule is CCc1cccc(/C=C/[C@H]2[C@@H]3CCCC[C@H]3C[C@@H](CO)[C@H]2[C@@H](C)O)n1. The molecule has 1 heterocycles. The molecule has 0 aliphatic heterocycles. The monoisotopic (exact) mass is 343 g/mol. The van der Waals surface area contributed by atoms with Crippen LogP contribution in [0.25, 0.3) is 6.08 Å². The van der Waals surface area contributed by atoms with E-state index < -0.39 is 0 Å². The lowest BCUT2D eigenvalue weighted by Gasteiger charge is -2.49. The molecule has 3 rings (SSSR count). The molecule has 0 radical (unpaired) electrons. The van der Waals surface area contributed by atoms with Crippen molar-refractivity contribution in [3.8, 4) is 0 Å². The highest BCUT2D eigenvalue weighted by Gasteiger charge is 2.45. The Balaban J connectivity index is 1.88. The first-order valence-electron chi connectivity index (χ1n) is 10.1. The molecule has 0 bridgehead atoms. The molecule has 1 aromatic heterocycles. The highest BCUT2D eigenvalue weighted by molar-refractivity contribution is 5.45. The number of hydrogen-bond acceptors (Lipinski definition) is 3. The first kappa shape index (κ1) is 18.6. The van der Waals surface area contributed by atoms with Crippen LogP contribution in [0.4, 0.5) is 0 Å². The van der Waals surface area contributed by atoms with E-state index in [9.17, 15) is 10.2 Å². The number of pyridine rings is 1. The molecule has 3 heteroatoms. The first-order chi connectivity index (χ1) is 12.1. The van der Waals surface area contributed by atoms with Gasteiger partial charge in [0.15, 0.2) is 0 Å². The molecule has 138 valence electrons. The zero-order chi connectivity index (χ0) is 17.8. The lowest BCUT2D eigenvalue weighted by Crippen LogP contribution is -2.46. The first-order valence-corrected chi connectivity index (χ1v) is 10.1. The van der Waals surface area contributed by atoms with E-state index in [0.29, 0.717) is 17.8 Å². The van der Waals surface area contributed by atoms with Crippen LogP contribution in [-0.4, -0.2) is 27.9 Å². The molecule has 0 amide bonds. The van der Waals surface area contributed by atoms with Gasteiger partial charge in [-0.25, -0.2) is 0 Å². The topological polar surface area (TPSA) is 53.4 Å². The quantitative estimate of drug-likeness (QED) is 0.847. The maximum Gasteiger partial charge on any atom is 0.0629 e. The number of fused-ring (bicyclic) bond motifs is 1. The summed E-state index contributed by atoms with van der Waals surface area (Å²) in [6, 6.07) is 6.19. The smallest absolute Gasteiger partial charge is 0.0629 e. The van der Waals surface area contributed by atoms with E-state index in [0.717, 1.165) is 24.2 Å². The van der Waals surface area contributed by atoms with E-state index in [1.165, 1.54) is 25.7 Å². The Morgan fingerprint density at radius 2 is 2.08 bits per heavy atom. The summed E-state index contributed by atoms with van der Waals surface area (Å²) < 4.78 is 0. The summed E-state index contributed by atoms with van der Waals surface area (Å²) in [5.74, 6) is 2.04. The van der Waals surface area contributed by atoms with Gasteiger partial charge in [-0.3, -0.25) is 4.98 Å². The normalized spacial score (nSPS) is 34.0. The predicted molar refractivity (Wildman–Crippen MR) is 102 cm³/mol. The van der Waals surface area contributed by atoms with Gasteiger partial charge in [-0.1, -0.05) is 38.3 Å².